The molecule has 17 heavy (non-hydrogen) atoms. The van der Waals surface area contributed by atoms with E-state index < -0.39 is 4.92 Å². The van der Waals surface area contributed by atoms with E-state index in [9.17, 15) is 10.1 Å². The van der Waals surface area contributed by atoms with Gasteiger partial charge in [-0.25, -0.2) is 0 Å². The zero-order valence-corrected chi connectivity index (χ0v) is 10.4. The fourth-order valence-electron chi connectivity index (χ4n) is 1.47. The van der Waals surface area contributed by atoms with Gasteiger partial charge in [-0.2, -0.15) is 0 Å². The largest absolute Gasteiger partial charge is 0.380 e. The fraction of sp³-hybridized carbons (Fsp3) is 0.100. The van der Waals surface area contributed by atoms with Crippen LogP contribution in [0, 0.1) is 17.0 Å². The predicted molar refractivity (Wildman–Crippen MR) is 65.4 cm³/mol. The Balaban J connectivity index is 2.60. The summed E-state index contributed by atoms with van der Waals surface area (Å²) in [6.07, 6.45) is 0. The molecule has 0 spiro atoms. The minimum atomic E-state index is -0.454. The average molecular weight is 298 g/mol. The van der Waals surface area contributed by atoms with Crippen LogP contribution in [0.4, 0.5) is 11.5 Å². The number of nitrogen functional groups attached to an aromatic ring is 1. The number of nitrogens with two attached hydrogens (primary N) is 1. The minimum Gasteiger partial charge on any atom is -0.380 e. The molecule has 0 saturated carbocycles. The van der Waals surface area contributed by atoms with Gasteiger partial charge in [-0.05, 0) is 34.5 Å². The first-order valence-electron chi connectivity index (χ1n) is 4.66. The van der Waals surface area contributed by atoms with Gasteiger partial charge in [0.15, 0.2) is 11.6 Å². The van der Waals surface area contributed by atoms with Crippen LogP contribution in [-0.4, -0.2) is 10.1 Å². The van der Waals surface area contributed by atoms with Crippen LogP contribution in [0.15, 0.2) is 27.2 Å². The van der Waals surface area contributed by atoms with Gasteiger partial charge in [-0.1, -0.05) is 5.16 Å². The van der Waals surface area contributed by atoms with Crippen LogP contribution in [0.25, 0.3) is 11.3 Å². The lowest BCUT2D eigenvalue weighted by Gasteiger charge is -2.00. The van der Waals surface area contributed by atoms with Crippen LogP contribution < -0.4 is 5.73 Å². The lowest BCUT2D eigenvalue weighted by Crippen LogP contribution is -1.90. The van der Waals surface area contributed by atoms with Gasteiger partial charge < -0.3 is 10.3 Å². The normalized spacial score (nSPS) is 10.5. The highest BCUT2D eigenvalue weighted by Crippen LogP contribution is 2.34. The van der Waals surface area contributed by atoms with E-state index in [1.807, 2.05) is 0 Å². The molecule has 2 aromatic rings. The number of non-ortho nitro benzene ring substituents is 1. The number of aryl methyl sites for hydroxylation is 1. The van der Waals surface area contributed by atoms with Gasteiger partial charge in [0.05, 0.1) is 4.92 Å². The summed E-state index contributed by atoms with van der Waals surface area (Å²) in [5.41, 5.74) is 6.85. The summed E-state index contributed by atoms with van der Waals surface area (Å²) in [6, 6.07) is 4.66. The first kappa shape index (κ1) is 11.6. The molecule has 0 unspecified atom stereocenters. The van der Waals surface area contributed by atoms with E-state index in [2.05, 4.69) is 21.1 Å². The van der Waals surface area contributed by atoms with Gasteiger partial charge in [-0.3, -0.25) is 10.1 Å². The second-order valence-electron chi connectivity index (χ2n) is 3.53. The molecule has 1 heterocycles. The van der Waals surface area contributed by atoms with Crippen molar-refractivity contribution in [3.63, 3.8) is 0 Å². The van der Waals surface area contributed by atoms with Crippen molar-refractivity contribution in [1.29, 1.82) is 0 Å². The van der Waals surface area contributed by atoms with E-state index in [1.54, 1.807) is 13.0 Å². The van der Waals surface area contributed by atoms with Gasteiger partial charge in [0, 0.05) is 17.7 Å². The van der Waals surface area contributed by atoms with Gasteiger partial charge in [0.2, 0.25) is 0 Å². The molecule has 0 aliphatic carbocycles. The summed E-state index contributed by atoms with van der Waals surface area (Å²) in [4.78, 5) is 10.3. The van der Waals surface area contributed by atoms with Crippen LogP contribution in [0.1, 0.15) is 5.56 Å². The number of hydrogen-bond acceptors (Lipinski definition) is 5. The number of nitro groups is 1. The van der Waals surface area contributed by atoms with Crippen LogP contribution in [-0.2, 0) is 0 Å². The third-order valence-electron chi connectivity index (χ3n) is 2.19. The first-order valence-corrected chi connectivity index (χ1v) is 5.45. The highest BCUT2D eigenvalue weighted by Gasteiger charge is 2.16. The Kier molecular flexibility index (Phi) is 2.84. The van der Waals surface area contributed by atoms with Crippen LogP contribution in [0.3, 0.4) is 0 Å². The zero-order chi connectivity index (χ0) is 12.6. The maximum Gasteiger partial charge on any atom is 0.270 e. The maximum atomic E-state index is 10.7. The van der Waals surface area contributed by atoms with Crippen molar-refractivity contribution in [2.24, 2.45) is 0 Å². The molecule has 0 saturated heterocycles. The number of nitro benzene ring substituents is 1. The van der Waals surface area contributed by atoms with E-state index in [0.29, 0.717) is 15.8 Å². The average Bonchev–Trinajstić information content (AvgIpc) is 2.59. The molecule has 7 heteroatoms. The third kappa shape index (κ3) is 2.14. The summed E-state index contributed by atoms with van der Waals surface area (Å²) < 4.78 is 5.52. The summed E-state index contributed by atoms with van der Waals surface area (Å²) in [5.74, 6) is 0.596. The molecule has 88 valence electrons. The first-order chi connectivity index (χ1) is 7.99. The number of anilines is 1. The zero-order valence-electron chi connectivity index (χ0n) is 8.81. The minimum absolute atomic E-state index is 0.00173. The van der Waals surface area contributed by atoms with Crippen molar-refractivity contribution in [3.05, 3.63) is 38.3 Å². The number of halogens is 1. The SMILES string of the molecule is Cc1cc(-c2onc(N)c2Br)cc([N+](=O)[O-])c1. The number of nitrogens with zero attached hydrogens (tertiary/aromatic N) is 2. The van der Waals surface area contributed by atoms with Crippen LogP contribution in [0.5, 0.6) is 0 Å². The van der Waals surface area contributed by atoms with Crippen molar-refractivity contribution in [2.45, 2.75) is 6.92 Å². The highest BCUT2D eigenvalue weighted by atomic mass is 79.9. The van der Waals surface area contributed by atoms with Gasteiger partial charge in [-0.15, -0.1) is 0 Å². The molecule has 1 aromatic carbocycles. The van der Waals surface area contributed by atoms with Gasteiger partial charge in [0.1, 0.15) is 4.47 Å². The van der Waals surface area contributed by atoms with Crippen molar-refractivity contribution >= 4 is 27.4 Å². The Bertz CT molecular complexity index is 594. The van der Waals surface area contributed by atoms with E-state index in [4.69, 9.17) is 10.3 Å². The topological polar surface area (TPSA) is 95.2 Å². The molecule has 0 radical (unpaired) electrons. The lowest BCUT2D eigenvalue weighted by atomic mass is 10.1. The fourth-order valence-corrected chi connectivity index (χ4v) is 1.84. The third-order valence-corrected chi connectivity index (χ3v) is 2.96. The van der Waals surface area contributed by atoms with E-state index in [-0.39, 0.29) is 11.5 Å². The second kappa shape index (κ2) is 4.17. The summed E-state index contributed by atoms with van der Waals surface area (Å²) in [7, 11) is 0. The summed E-state index contributed by atoms with van der Waals surface area (Å²) >= 11 is 3.22. The van der Waals surface area contributed by atoms with E-state index in [0.717, 1.165) is 5.56 Å². The molecule has 0 fully saturated rings. The van der Waals surface area contributed by atoms with Crippen molar-refractivity contribution < 1.29 is 9.45 Å². The standard InChI is InChI=1S/C10H8BrN3O3/c1-5-2-6(4-7(3-5)14(15)16)9-8(11)10(12)13-17-9/h2-4H,1H3,(H2,12,13). The van der Waals surface area contributed by atoms with Crippen LogP contribution >= 0.6 is 15.9 Å². The summed E-state index contributed by atoms with van der Waals surface area (Å²) in [6.45, 7) is 1.77. The van der Waals surface area contributed by atoms with Crippen LogP contribution in [0.2, 0.25) is 0 Å². The molecule has 0 bridgehead atoms. The smallest absolute Gasteiger partial charge is 0.270 e. The van der Waals surface area contributed by atoms with Crippen molar-refractivity contribution in [1.82, 2.24) is 5.16 Å². The highest BCUT2D eigenvalue weighted by molar-refractivity contribution is 9.10. The van der Waals surface area contributed by atoms with Gasteiger partial charge in [0.25, 0.3) is 5.69 Å². The molecule has 2 rings (SSSR count). The Labute approximate surface area is 105 Å². The molecule has 6 nitrogen and oxygen atoms in total. The molecule has 0 aliphatic rings. The number of rotatable bonds is 2. The molecular weight excluding hydrogens is 290 g/mol. The number of benzene rings is 1. The number of hydrogen-bond donors (Lipinski definition) is 1. The Morgan fingerprint density at radius 2 is 2.18 bits per heavy atom. The summed E-state index contributed by atoms with van der Waals surface area (Å²) in [5, 5.41) is 14.3. The maximum absolute atomic E-state index is 10.7. The van der Waals surface area contributed by atoms with Crippen molar-refractivity contribution in [2.75, 3.05) is 5.73 Å². The molecule has 0 amide bonds. The number of aromatic nitrogens is 1. The predicted octanol–water partition coefficient (Wildman–Crippen LogP) is 2.90. The Hall–Kier alpha value is -1.89. The molecule has 1 aromatic heterocycles. The van der Waals surface area contributed by atoms with Gasteiger partial charge >= 0.3 is 0 Å². The molecule has 2 N–H and O–H groups in total. The Morgan fingerprint density at radius 3 is 2.71 bits per heavy atom. The molecule has 0 atom stereocenters. The lowest BCUT2D eigenvalue weighted by molar-refractivity contribution is -0.384. The van der Waals surface area contributed by atoms with E-state index >= 15 is 0 Å². The second-order valence-corrected chi connectivity index (χ2v) is 4.32. The molecular formula is C10H8BrN3O3. The monoisotopic (exact) mass is 297 g/mol. The van der Waals surface area contributed by atoms with E-state index in [1.165, 1.54) is 12.1 Å². The van der Waals surface area contributed by atoms with Crippen molar-refractivity contribution in [3.8, 4) is 11.3 Å². The quantitative estimate of drug-likeness (QED) is 0.679. The molecule has 0 aliphatic heterocycles. The Morgan fingerprint density at radius 1 is 1.47 bits per heavy atom.